The van der Waals surface area contributed by atoms with Gasteiger partial charge in [0.15, 0.2) is 0 Å². The van der Waals surface area contributed by atoms with Crippen LogP contribution in [-0.4, -0.2) is 11.1 Å². The van der Waals surface area contributed by atoms with Crippen LogP contribution in [0, 0.1) is 13.8 Å². The first-order valence-electron chi connectivity index (χ1n) is 12.6. The minimum Gasteiger partial charge on any atom is -0.478 e. The molecule has 37 heavy (non-hydrogen) atoms. The highest BCUT2D eigenvalue weighted by molar-refractivity contribution is 6.02. The van der Waals surface area contributed by atoms with Crippen molar-refractivity contribution in [3.05, 3.63) is 125 Å². The van der Waals surface area contributed by atoms with Crippen molar-refractivity contribution in [1.82, 2.24) is 0 Å². The standard InChI is InChI=1S/C34H29NO2/c1-21-9-7-13-28-31(18-15-22(2)32(21)28)35(24-11-8-10-23(19-24)33(36)37)25-16-17-27-26-12-5-6-14-29(26)34(3,4)30(27)20-25/h5-20H,1-4H3,(H,36,37). The monoisotopic (exact) mass is 483 g/mol. The molecule has 5 aromatic carbocycles. The number of aryl methyl sites for hydroxylation is 2. The molecule has 0 saturated carbocycles. The maximum absolute atomic E-state index is 11.9. The molecule has 0 amide bonds. The number of fused-ring (bicyclic) bond motifs is 4. The third-order valence-corrected chi connectivity index (χ3v) is 7.85. The van der Waals surface area contributed by atoms with E-state index in [1.165, 1.54) is 38.8 Å². The summed E-state index contributed by atoms with van der Waals surface area (Å²) in [6.07, 6.45) is 0. The quantitative estimate of drug-likeness (QED) is 0.277. The average Bonchev–Trinajstić information content (AvgIpc) is 3.12. The molecule has 0 heterocycles. The lowest BCUT2D eigenvalue weighted by Crippen LogP contribution is -2.17. The average molecular weight is 484 g/mol. The molecule has 0 atom stereocenters. The molecule has 0 radical (unpaired) electrons. The van der Waals surface area contributed by atoms with E-state index in [9.17, 15) is 9.90 Å². The number of carbonyl (C=O) groups is 1. The van der Waals surface area contributed by atoms with Gasteiger partial charge >= 0.3 is 5.97 Å². The Kier molecular flexibility index (Phi) is 5.20. The molecule has 182 valence electrons. The van der Waals surface area contributed by atoms with Gasteiger partial charge in [0, 0.05) is 22.2 Å². The molecule has 6 rings (SSSR count). The molecule has 0 saturated heterocycles. The van der Waals surface area contributed by atoms with Gasteiger partial charge in [-0.05, 0) is 89.0 Å². The number of nitrogens with zero attached hydrogens (tertiary/aromatic N) is 1. The Bertz CT molecular complexity index is 1710. The second-order valence-corrected chi connectivity index (χ2v) is 10.5. The first kappa shape index (κ1) is 23.1. The molecule has 0 bridgehead atoms. The van der Waals surface area contributed by atoms with Gasteiger partial charge in [-0.25, -0.2) is 4.79 Å². The van der Waals surface area contributed by atoms with Crippen LogP contribution in [0.15, 0.2) is 97.1 Å². The van der Waals surface area contributed by atoms with Crippen LogP contribution in [0.3, 0.4) is 0 Å². The normalized spacial score (nSPS) is 13.3. The van der Waals surface area contributed by atoms with Crippen molar-refractivity contribution in [1.29, 1.82) is 0 Å². The smallest absolute Gasteiger partial charge is 0.335 e. The molecule has 3 nitrogen and oxygen atoms in total. The first-order valence-corrected chi connectivity index (χ1v) is 12.6. The van der Waals surface area contributed by atoms with Gasteiger partial charge in [0.25, 0.3) is 0 Å². The van der Waals surface area contributed by atoms with Crippen LogP contribution in [0.2, 0.25) is 0 Å². The minimum absolute atomic E-state index is 0.136. The fourth-order valence-corrected chi connectivity index (χ4v) is 6.01. The summed E-state index contributed by atoms with van der Waals surface area (Å²) in [6.45, 7) is 8.84. The van der Waals surface area contributed by atoms with Crippen LogP contribution in [0.4, 0.5) is 17.1 Å². The van der Waals surface area contributed by atoms with E-state index >= 15 is 0 Å². The largest absolute Gasteiger partial charge is 0.478 e. The van der Waals surface area contributed by atoms with Gasteiger partial charge < -0.3 is 10.0 Å². The van der Waals surface area contributed by atoms with Gasteiger partial charge in [-0.15, -0.1) is 0 Å². The summed E-state index contributed by atoms with van der Waals surface area (Å²) in [6, 6.07) is 33.2. The van der Waals surface area contributed by atoms with E-state index in [1.54, 1.807) is 12.1 Å². The summed E-state index contributed by atoms with van der Waals surface area (Å²) >= 11 is 0. The van der Waals surface area contributed by atoms with Crippen LogP contribution in [-0.2, 0) is 5.41 Å². The van der Waals surface area contributed by atoms with Gasteiger partial charge in [-0.2, -0.15) is 0 Å². The Labute approximate surface area is 217 Å². The fraction of sp³-hybridized carbons (Fsp3) is 0.147. The topological polar surface area (TPSA) is 40.5 Å². The Morgan fingerprint density at radius 2 is 1.41 bits per heavy atom. The number of carboxylic acid groups (broad SMARTS) is 1. The zero-order valence-corrected chi connectivity index (χ0v) is 21.5. The highest BCUT2D eigenvalue weighted by Crippen LogP contribution is 2.51. The number of anilines is 3. The molecule has 1 N–H and O–H groups in total. The number of hydrogen-bond donors (Lipinski definition) is 1. The molecular formula is C34H29NO2. The van der Waals surface area contributed by atoms with Crippen LogP contribution in [0.5, 0.6) is 0 Å². The Morgan fingerprint density at radius 1 is 0.703 bits per heavy atom. The van der Waals surface area contributed by atoms with E-state index in [-0.39, 0.29) is 11.0 Å². The fourth-order valence-electron chi connectivity index (χ4n) is 6.01. The van der Waals surface area contributed by atoms with E-state index < -0.39 is 5.97 Å². The summed E-state index contributed by atoms with van der Waals surface area (Å²) in [4.78, 5) is 14.1. The maximum atomic E-state index is 11.9. The summed E-state index contributed by atoms with van der Waals surface area (Å²) in [5.74, 6) is -0.933. The van der Waals surface area contributed by atoms with Gasteiger partial charge in [0.1, 0.15) is 0 Å². The van der Waals surface area contributed by atoms with Gasteiger partial charge in [0.05, 0.1) is 11.3 Å². The predicted molar refractivity (Wildman–Crippen MR) is 153 cm³/mol. The minimum atomic E-state index is -0.933. The number of carboxylic acids is 1. The number of rotatable bonds is 4. The van der Waals surface area contributed by atoms with E-state index in [0.717, 1.165) is 22.4 Å². The molecule has 0 fully saturated rings. The number of benzene rings is 5. The Hall–Kier alpha value is -4.37. The van der Waals surface area contributed by atoms with Crippen LogP contribution in [0.25, 0.3) is 21.9 Å². The zero-order chi connectivity index (χ0) is 25.9. The second-order valence-electron chi connectivity index (χ2n) is 10.5. The van der Waals surface area contributed by atoms with E-state index in [0.29, 0.717) is 0 Å². The van der Waals surface area contributed by atoms with Gasteiger partial charge in [-0.3, -0.25) is 0 Å². The molecule has 1 aliphatic rings. The van der Waals surface area contributed by atoms with Crippen LogP contribution < -0.4 is 4.90 Å². The highest BCUT2D eigenvalue weighted by Gasteiger charge is 2.35. The van der Waals surface area contributed by atoms with Crippen molar-refractivity contribution in [2.75, 3.05) is 4.90 Å². The number of hydrogen-bond acceptors (Lipinski definition) is 2. The molecular weight excluding hydrogens is 454 g/mol. The van der Waals surface area contributed by atoms with E-state index in [1.807, 2.05) is 12.1 Å². The summed E-state index contributed by atoms with van der Waals surface area (Å²) in [7, 11) is 0. The third kappa shape index (κ3) is 3.54. The lowest BCUT2D eigenvalue weighted by atomic mass is 9.82. The molecule has 0 aliphatic heterocycles. The summed E-state index contributed by atoms with van der Waals surface area (Å²) in [5, 5.41) is 12.1. The molecule has 0 spiro atoms. The van der Waals surface area contributed by atoms with Crippen molar-refractivity contribution < 1.29 is 9.90 Å². The number of aromatic carboxylic acids is 1. The third-order valence-electron chi connectivity index (χ3n) is 7.85. The predicted octanol–water partition coefficient (Wildman–Crippen LogP) is 8.93. The molecule has 1 aliphatic carbocycles. The zero-order valence-electron chi connectivity index (χ0n) is 21.5. The van der Waals surface area contributed by atoms with E-state index in [4.69, 9.17) is 0 Å². The van der Waals surface area contributed by atoms with Crippen molar-refractivity contribution in [2.24, 2.45) is 0 Å². The lowest BCUT2D eigenvalue weighted by Gasteiger charge is -2.29. The summed E-state index contributed by atoms with van der Waals surface area (Å²) in [5.41, 5.74) is 10.6. The van der Waals surface area contributed by atoms with Crippen molar-refractivity contribution in [3.8, 4) is 11.1 Å². The second kappa shape index (κ2) is 8.35. The highest BCUT2D eigenvalue weighted by atomic mass is 16.4. The van der Waals surface area contributed by atoms with Crippen molar-refractivity contribution in [2.45, 2.75) is 33.1 Å². The summed E-state index contributed by atoms with van der Waals surface area (Å²) < 4.78 is 0. The molecule has 5 aromatic rings. The van der Waals surface area contributed by atoms with Gasteiger partial charge in [0.2, 0.25) is 0 Å². The van der Waals surface area contributed by atoms with Crippen molar-refractivity contribution in [3.63, 3.8) is 0 Å². The van der Waals surface area contributed by atoms with Crippen molar-refractivity contribution >= 4 is 33.8 Å². The SMILES string of the molecule is Cc1cccc2c(N(c3cccc(C(=O)O)c3)c3ccc4c(c3)C(C)(C)c3ccccc3-4)ccc(C)c12. The van der Waals surface area contributed by atoms with Crippen LogP contribution in [0.1, 0.15) is 46.5 Å². The van der Waals surface area contributed by atoms with Crippen LogP contribution >= 0.6 is 0 Å². The Morgan fingerprint density at radius 3 is 2.22 bits per heavy atom. The van der Waals surface area contributed by atoms with E-state index in [2.05, 4.69) is 105 Å². The molecule has 0 unspecified atom stereocenters. The molecule has 3 heteroatoms. The Balaban J connectivity index is 1.63. The first-order chi connectivity index (χ1) is 17.8. The molecule has 0 aromatic heterocycles. The van der Waals surface area contributed by atoms with Gasteiger partial charge in [-0.1, -0.05) is 74.5 Å². The maximum Gasteiger partial charge on any atom is 0.335 e. The lowest BCUT2D eigenvalue weighted by molar-refractivity contribution is 0.0697.